The van der Waals surface area contributed by atoms with Crippen LogP contribution in [0.3, 0.4) is 0 Å². The number of carbonyl (C=O) groups excluding carboxylic acids is 2. The van der Waals surface area contributed by atoms with E-state index in [4.69, 9.17) is 25.8 Å². The molecule has 160 valence electrons. The lowest BCUT2D eigenvalue weighted by molar-refractivity contribution is -0.156. The zero-order chi connectivity index (χ0) is 22.2. The molecule has 0 aliphatic heterocycles. The van der Waals surface area contributed by atoms with Crippen LogP contribution in [-0.2, 0) is 14.3 Å². The van der Waals surface area contributed by atoms with Crippen molar-refractivity contribution in [1.82, 2.24) is 0 Å². The van der Waals surface area contributed by atoms with Crippen LogP contribution in [0.15, 0.2) is 72.8 Å². The lowest BCUT2D eigenvalue weighted by Gasteiger charge is -2.19. The molecule has 1 atom stereocenters. The van der Waals surface area contributed by atoms with Crippen molar-refractivity contribution in [2.24, 2.45) is 0 Å². The highest BCUT2D eigenvalue weighted by Gasteiger charge is 2.26. The summed E-state index contributed by atoms with van der Waals surface area (Å²) in [5.74, 6) is -0.369. The van der Waals surface area contributed by atoms with Crippen molar-refractivity contribution >= 4 is 29.2 Å². The van der Waals surface area contributed by atoms with E-state index in [-0.39, 0.29) is 0 Å². The third-order valence-electron chi connectivity index (χ3n) is 4.38. The van der Waals surface area contributed by atoms with Gasteiger partial charge in [-0.2, -0.15) is 0 Å². The average molecular weight is 440 g/mol. The Morgan fingerprint density at radius 2 is 1.68 bits per heavy atom. The molecule has 0 saturated heterocycles. The standard InChI is InChI=1S/C24H22ClNO5/c1-16-12-13-21(29-2)19(14-16)26-24(28)23(17-8-4-3-5-9-17)31-22(27)15-30-20-11-7-6-10-18(20)25/h3-14,23H,15H2,1-2H3,(H,26,28). The highest BCUT2D eigenvalue weighted by molar-refractivity contribution is 6.32. The molecule has 3 aromatic carbocycles. The second-order valence-corrected chi connectivity index (χ2v) is 7.10. The molecule has 0 aromatic heterocycles. The first-order valence-electron chi connectivity index (χ1n) is 9.55. The van der Waals surface area contributed by atoms with Crippen LogP contribution in [0.4, 0.5) is 5.69 Å². The van der Waals surface area contributed by atoms with Crippen LogP contribution in [0.25, 0.3) is 0 Å². The first kappa shape index (κ1) is 22.2. The van der Waals surface area contributed by atoms with Gasteiger partial charge in [-0.25, -0.2) is 4.79 Å². The number of nitrogens with one attached hydrogen (secondary N) is 1. The normalized spacial score (nSPS) is 11.3. The van der Waals surface area contributed by atoms with Gasteiger partial charge in [-0.3, -0.25) is 4.79 Å². The third kappa shape index (κ3) is 5.99. The molecule has 31 heavy (non-hydrogen) atoms. The Morgan fingerprint density at radius 1 is 0.968 bits per heavy atom. The minimum atomic E-state index is -1.17. The maximum atomic E-state index is 13.1. The summed E-state index contributed by atoms with van der Waals surface area (Å²) < 4.78 is 16.2. The number of methoxy groups -OCH3 is 1. The fraction of sp³-hybridized carbons (Fsp3) is 0.167. The minimum Gasteiger partial charge on any atom is -0.495 e. The Hall–Kier alpha value is -3.51. The van der Waals surface area contributed by atoms with Gasteiger partial charge < -0.3 is 19.5 Å². The summed E-state index contributed by atoms with van der Waals surface area (Å²) in [6.07, 6.45) is -1.17. The molecule has 1 unspecified atom stereocenters. The van der Waals surface area contributed by atoms with E-state index in [2.05, 4.69) is 5.32 Å². The zero-order valence-electron chi connectivity index (χ0n) is 17.1. The summed E-state index contributed by atoms with van der Waals surface area (Å²) in [7, 11) is 1.51. The molecule has 0 saturated carbocycles. The Kier molecular flexibility index (Phi) is 7.51. The van der Waals surface area contributed by atoms with Crippen LogP contribution >= 0.6 is 11.6 Å². The Morgan fingerprint density at radius 3 is 2.39 bits per heavy atom. The van der Waals surface area contributed by atoms with Crippen LogP contribution in [0.5, 0.6) is 11.5 Å². The molecule has 0 spiro atoms. The van der Waals surface area contributed by atoms with Gasteiger partial charge >= 0.3 is 5.97 Å². The molecule has 6 nitrogen and oxygen atoms in total. The van der Waals surface area contributed by atoms with Gasteiger partial charge in [0.05, 0.1) is 17.8 Å². The molecule has 0 aliphatic rings. The molecule has 3 rings (SSSR count). The first-order valence-corrected chi connectivity index (χ1v) is 9.93. The van der Waals surface area contributed by atoms with Gasteiger partial charge in [0.2, 0.25) is 6.10 Å². The number of ether oxygens (including phenoxy) is 3. The SMILES string of the molecule is COc1ccc(C)cc1NC(=O)C(OC(=O)COc1ccccc1Cl)c1ccccc1. The predicted octanol–water partition coefficient (Wildman–Crippen LogP) is 4.96. The van der Waals surface area contributed by atoms with Crippen LogP contribution < -0.4 is 14.8 Å². The molecular formula is C24H22ClNO5. The number of aryl methyl sites for hydroxylation is 1. The van der Waals surface area contributed by atoms with Crippen LogP contribution in [-0.4, -0.2) is 25.6 Å². The monoisotopic (exact) mass is 439 g/mol. The average Bonchev–Trinajstić information content (AvgIpc) is 2.77. The Labute approximate surface area is 185 Å². The maximum Gasteiger partial charge on any atom is 0.345 e. The van der Waals surface area contributed by atoms with Gasteiger partial charge in [0, 0.05) is 5.56 Å². The van der Waals surface area contributed by atoms with Crippen molar-refractivity contribution < 1.29 is 23.8 Å². The maximum absolute atomic E-state index is 13.1. The van der Waals surface area contributed by atoms with Gasteiger partial charge in [-0.15, -0.1) is 0 Å². The summed E-state index contributed by atoms with van der Waals surface area (Å²) in [5.41, 5.74) is 1.95. The third-order valence-corrected chi connectivity index (χ3v) is 4.70. The predicted molar refractivity (Wildman–Crippen MR) is 119 cm³/mol. The van der Waals surface area contributed by atoms with Crippen molar-refractivity contribution in [2.45, 2.75) is 13.0 Å². The number of carbonyl (C=O) groups is 2. The molecular weight excluding hydrogens is 418 g/mol. The highest BCUT2D eigenvalue weighted by Crippen LogP contribution is 2.28. The Balaban J connectivity index is 1.76. The van der Waals surface area contributed by atoms with Crippen molar-refractivity contribution in [3.05, 3.63) is 88.9 Å². The smallest absolute Gasteiger partial charge is 0.345 e. The van der Waals surface area contributed by atoms with E-state index in [0.29, 0.717) is 27.8 Å². The topological polar surface area (TPSA) is 73.9 Å². The molecule has 7 heteroatoms. The summed E-state index contributed by atoms with van der Waals surface area (Å²) in [6.45, 7) is 1.50. The molecule has 1 N–H and O–H groups in total. The lowest BCUT2D eigenvalue weighted by Crippen LogP contribution is -2.28. The first-order chi connectivity index (χ1) is 15.0. The number of amides is 1. The van der Waals surface area contributed by atoms with Crippen molar-refractivity contribution in [2.75, 3.05) is 19.0 Å². The molecule has 1 amide bonds. The van der Waals surface area contributed by atoms with Gasteiger partial charge in [-0.05, 0) is 36.8 Å². The van der Waals surface area contributed by atoms with E-state index < -0.39 is 24.6 Å². The van der Waals surface area contributed by atoms with Gasteiger partial charge in [0.1, 0.15) is 11.5 Å². The highest BCUT2D eigenvalue weighted by atomic mass is 35.5. The van der Waals surface area contributed by atoms with Crippen molar-refractivity contribution in [3.63, 3.8) is 0 Å². The van der Waals surface area contributed by atoms with E-state index in [1.165, 1.54) is 7.11 Å². The number of anilines is 1. The fourth-order valence-electron chi connectivity index (χ4n) is 2.88. The Bertz CT molecular complexity index is 1050. The van der Waals surface area contributed by atoms with E-state index in [1.54, 1.807) is 60.7 Å². The summed E-state index contributed by atoms with van der Waals surface area (Å²) in [5, 5.41) is 3.16. The number of hydrogen-bond acceptors (Lipinski definition) is 5. The van der Waals surface area contributed by atoms with E-state index in [9.17, 15) is 9.59 Å². The molecule has 0 aliphatic carbocycles. The molecule has 0 radical (unpaired) electrons. The molecule has 3 aromatic rings. The second-order valence-electron chi connectivity index (χ2n) is 6.69. The quantitative estimate of drug-likeness (QED) is 0.502. The minimum absolute atomic E-state index is 0.353. The summed E-state index contributed by atoms with van der Waals surface area (Å²) >= 11 is 6.04. The molecule has 0 bridgehead atoms. The van der Waals surface area contributed by atoms with E-state index >= 15 is 0 Å². The molecule has 0 heterocycles. The van der Waals surface area contributed by atoms with Crippen LogP contribution in [0, 0.1) is 6.92 Å². The number of halogens is 1. The zero-order valence-corrected chi connectivity index (χ0v) is 17.9. The largest absolute Gasteiger partial charge is 0.495 e. The number of benzene rings is 3. The summed E-state index contributed by atoms with van der Waals surface area (Å²) in [6, 6.07) is 20.9. The van der Waals surface area contributed by atoms with Gasteiger partial charge in [0.15, 0.2) is 6.61 Å². The van der Waals surface area contributed by atoms with Crippen molar-refractivity contribution in [3.8, 4) is 11.5 Å². The number of para-hydroxylation sites is 1. The van der Waals surface area contributed by atoms with E-state index in [1.807, 2.05) is 19.1 Å². The van der Waals surface area contributed by atoms with Gasteiger partial charge in [0.25, 0.3) is 5.91 Å². The fourth-order valence-corrected chi connectivity index (χ4v) is 3.07. The summed E-state index contributed by atoms with van der Waals surface area (Å²) in [4.78, 5) is 25.5. The van der Waals surface area contributed by atoms with Crippen LogP contribution in [0.2, 0.25) is 5.02 Å². The number of rotatable bonds is 8. The van der Waals surface area contributed by atoms with Crippen LogP contribution in [0.1, 0.15) is 17.2 Å². The van der Waals surface area contributed by atoms with Crippen molar-refractivity contribution in [1.29, 1.82) is 0 Å². The van der Waals surface area contributed by atoms with E-state index in [0.717, 1.165) is 5.56 Å². The second kappa shape index (κ2) is 10.5. The molecule has 0 fully saturated rings. The lowest BCUT2D eigenvalue weighted by atomic mass is 10.1. The number of esters is 1. The number of hydrogen-bond donors (Lipinski definition) is 1. The van der Waals surface area contributed by atoms with Gasteiger partial charge in [-0.1, -0.05) is 60.1 Å².